The Morgan fingerprint density at radius 1 is 1.53 bits per heavy atom. The summed E-state index contributed by atoms with van der Waals surface area (Å²) < 4.78 is 15.2. The average Bonchev–Trinajstić information content (AvgIpc) is 2.62. The van der Waals surface area contributed by atoms with Crippen LogP contribution in [-0.4, -0.2) is 14.8 Å². The van der Waals surface area contributed by atoms with Crippen molar-refractivity contribution in [3.8, 4) is 0 Å². The first kappa shape index (κ1) is 12.3. The molecule has 7 heteroatoms. The summed E-state index contributed by atoms with van der Waals surface area (Å²) in [4.78, 5) is 4.06. The van der Waals surface area contributed by atoms with E-state index in [9.17, 15) is 4.39 Å². The Bertz CT molecular complexity index is 520. The van der Waals surface area contributed by atoms with Crippen LogP contribution < -0.4 is 5.32 Å². The molecular formula is C10H9BrClFN4. The van der Waals surface area contributed by atoms with Gasteiger partial charge in [0.15, 0.2) is 0 Å². The lowest BCUT2D eigenvalue weighted by atomic mass is 10.3. The lowest BCUT2D eigenvalue weighted by Gasteiger charge is -2.10. The van der Waals surface area contributed by atoms with E-state index >= 15 is 0 Å². The Hall–Kier alpha value is -1.14. The van der Waals surface area contributed by atoms with Crippen LogP contribution in [0.3, 0.4) is 0 Å². The maximum absolute atomic E-state index is 13.0. The molecule has 2 aromatic rings. The molecule has 0 amide bonds. The fraction of sp³-hybridized carbons (Fsp3) is 0.200. The number of benzene rings is 1. The number of nitrogens with zero attached hydrogens (tertiary/aromatic N) is 3. The molecule has 0 spiro atoms. The number of halogens is 3. The lowest BCUT2D eigenvalue weighted by molar-refractivity contribution is 0.627. The van der Waals surface area contributed by atoms with Gasteiger partial charge < -0.3 is 5.32 Å². The Labute approximate surface area is 111 Å². The summed E-state index contributed by atoms with van der Waals surface area (Å²) in [5.74, 6) is 0.378. The Balaban J connectivity index is 2.17. The molecule has 0 fully saturated rings. The van der Waals surface area contributed by atoms with Crippen LogP contribution in [0.2, 0.25) is 5.02 Å². The molecule has 1 aromatic heterocycles. The topological polar surface area (TPSA) is 42.7 Å². The molecule has 0 aliphatic carbocycles. The van der Waals surface area contributed by atoms with Gasteiger partial charge >= 0.3 is 0 Å². The second kappa shape index (κ2) is 5.01. The first-order valence-electron chi connectivity index (χ1n) is 4.79. The normalized spacial score (nSPS) is 10.6. The molecule has 1 aromatic carbocycles. The van der Waals surface area contributed by atoms with Crippen molar-refractivity contribution in [1.29, 1.82) is 0 Å². The van der Waals surface area contributed by atoms with Crippen molar-refractivity contribution < 1.29 is 4.39 Å². The molecule has 0 aliphatic heterocycles. The summed E-state index contributed by atoms with van der Waals surface area (Å²) in [7, 11) is 1.80. The van der Waals surface area contributed by atoms with Crippen LogP contribution in [-0.2, 0) is 13.6 Å². The van der Waals surface area contributed by atoms with E-state index in [-0.39, 0.29) is 5.82 Å². The number of aryl methyl sites for hydroxylation is 1. The van der Waals surface area contributed by atoms with Gasteiger partial charge in [-0.15, -0.1) is 0 Å². The van der Waals surface area contributed by atoms with Crippen molar-refractivity contribution in [2.75, 3.05) is 5.32 Å². The van der Waals surface area contributed by atoms with Crippen LogP contribution in [0.1, 0.15) is 5.82 Å². The first-order chi connectivity index (χ1) is 8.08. The van der Waals surface area contributed by atoms with Crippen molar-refractivity contribution in [2.45, 2.75) is 6.54 Å². The van der Waals surface area contributed by atoms with Crippen molar-refractivity contribution in [3.05, 3.63) is 39.6 Å². The highest BCUT2D eigenvalue weighted by Crippen LogP contribution is 2.31. The van der Waals surface area contributed by atoms with E-state index in [0.717, 1.165) is 5.82 Å². The van der Waals surface area contributed by atoms with Gasteiger partial charge in [-0.05, 0) is 28.1 Å². The van der Waals surface area contributed by atoms with Gasteiger partial charge in [0.1, 0.15) is 18.0 Å². The van der Waals surface area contributed by atoms with E-state index in [2.05, 4.69) is 31.3 Å². The van der Waals surface area contributed by atoms with E-state index < -0.39 is 0 Å². The lowest BCUT2D eigenvalue weighted by Crippen LogP contribution is -2.07. The summed E-state index contributed by atoms with van der Waals surface area (Å²) in [5, 5.41) is 7.35. The maximum atomic E-state index is 13.0. The van der Waals surface area contributed by atoms with Crippen LogP contribution >= 0.6 is 27.5 Å². The molecule has 1 N–H and O–H groups in total. The third-order valence-electron chi connectivity index (χ3n) is 2.24. The van der Waals surface area contributed by atoms with E-state index in [1.54, 1.807) is 11.7 Å². The molecule has 0 bridgehead atoms. The molecule has 2 rings (SSSR count). The second-order valence-corrected chi connectivity index (χ2v) is 4.66. The van der Waals surface area contributed by atoms with E-state index in [0.29, 0.717) is 21.7 Å². The molecule has 0 aliphatic rings. The van der Waals surface area contributed by atoms with Gasteiger partial charge in [0.2, 0.25) is 0 Å². The monoisotopic (exact) mass is 318 g/mol. The summed E-state index contributed by atoms with van der Waals surface area (Å²) >= 11 is 9.19. The van der Waals surface area contributed by atoms with Crippen LogP contribution in [0.5, 0.6) is 0 Å². The first-order valence-corrected chi connectivity index (χ1v) is 5.96. The molecular weight excluding hydrogens is 310 g/mol. The molecule has 0 saturated carbocycles. The van der Waals surface area contributed by atoms with Crippen LogP contribution in [0.15, 0.2) is 22.9 Å². The van der Waals surface area contributed by atoms with Crippen molar-refractivity contribution >= 4 is 33.2 Å². The van der Waals surface area contributed by atoms with Gasteiger partial charge in [0, 0.05) is 11.5 Å². The number of anilines is 1. The second-order valence-electron chi connectivity index (χ2n) is 3.40. The zero-order valence-corrected chi connectivity index (χ0v) is 11.3. The minimum absolute atomic E-state index is 0.319. The zero-order chi connectivity index (χ0) is 12.4. The SMILES string of the molecule is Cn1ncnc1CNc1c(Cl)cc(F)cc1Br. The smallest absolute Gasteiger partial charge is 0.145 e. The number of hydrogen-bond donors (Lipinski definition) is 1. The Kier molecular flexibility index (Phi) is 3.63. The molecule has 1 heterocycles. The fourth-order valence-corrected chi connectivity index (χ4v) is 2.32. The van der Waals surface area contributed by atoms with Gasteiger partial charge in [0.25, 0.3) is 0 Å². The molecule has 17 heavy (non-hydrogen) atoms. The molecule has 0 unspecified atom stereocenters. The highest BCUT2D eigenvalue weighted by Gasteiger charge is 2.09. The number of rotatable bonds is 3. The Morgan fingerprint density at radius 3 is 2.88 bits per heavy atom. The van der Waals surface area contributed by atoms with Crippen molar-refractivity contribution in [2.24, 2.45) is 7.05 Å². The minimum Gasteiger partial charge on any atom is -0.376 e. The fourth-order valence-electron chi connectivity index (χ4n) is 1.36. The predicted molar refractivity (Wildman–Crippen MR) is 67.4 cm³/mol. The number of aromatic nitrogens is 3. The van der Waals surface area contributed by atoms with Gasteiger partial charge in [-0.3, -0.25) is 4.68 Å². The van der Waals surface area contributed by atoms with Crippen LogP contribution in [0.4, 0.5) is 10.1 Å². The zero-order valence-electron chi connectivity index (χ0n) is 8.91. The average molecular weight is 320 g/mol. The van der Waals surface area contributed by atoms with E-state index in [1.807, 2.05) is 0 Å². The molecule has 90 valence electrons. The summed E-state index contributed by atoms with van der Waals surface area (Å²) in [6.07, 6.45) is 1.47. The quantitative estimate of drug-likeness (QED) is 0.946. The summed E-state index contributed by atoms with van der Waals surface area (Å²) in [6.45, 7) is 0.459. The summed E-state index contributed by atoms with van der Waals surface area (Å²) in [6, 6.07) is 2.61. The molecule has 0 atom stereocenters. The van der Waals surface area contributed by atoms with Gasteiger partial charge in [-0.25, -0.2) is 9.37 Å². The molecule has 0 saturated heterocycles. The van der Waals surface area contributed by atoms with Gasteiger partial charge in [-0.2, -0.15) is 5.10 Å². The highest BCUT2D eigenvalue weighted by atomic mass is 79.9. The predicted octanol–water partition coefficient (Wildman–Crippen LogP) is 2.98. The largest absolute Gasteiger partial charge is 0.376 e. The molecule has 4 nitrogen and oxygen atoms in total. The van der Waals surface area contributed by atoms with Gasteiger partial charge in [-0.1, -0.05) is 11.6 Å². The number of hydrogen-bond acceptors (Lipinski definition) is 3. The van der Waals surface area contributed by atoms with Gasteiger partial charge in [0.05, 0.1) is 17.3 Å². The van der Waals surface area contributed by atoms with Crippen LogP contribution in [0.25, 0.3) is 0 Å². The third-order valence-corrected chi connectivity index (χ3v) is 3.16. The standard InChI is InChI=1S/C10H9BrClFN4/c1-17-9(15-5-16-17)4-14-10-7(11)2-6(13)3-8(10)12/h2-3,5,14H,4H2,1H3. The van der Waals surface area contributed by atoms with E-state index in [1.165, 1.54) is 18.5 Å². The van der Waals surface area contributed by atoms with E-state index in [4.69, 9.17) is 11.6 Å². The minimum atomic E-state index is -0.383. The summed E-state index contributed by atoms with van der Waals surface area (Å²) in [5.41, 5.74) is 0.635. The van der Waals surface area contributed by atoms with Crippen molar-refractivity contribution in [1.82, 2.24) is 14.8 Å². The molecule has 0 radical (unpaired) electrons. The van der Waals surface area contributed by atoms with Crippen molar-refractivity contribution in [3.63, 3.8) is 0 Å². The number of nitrogens with one attached hydrogen (secondary N) is 1. The van der Waals surface area contributed by atoms with Crippen LogP contribution in [0, 0.1) is 5.82 Å². The third kappa shape index (κ3) is 2.76. The maximum Gasteiger partial charge on any atom is 0.145 e. The Morgan fingerprint density at radius 2 is 2.29 bits per heavy atom. The highest BCUT2D eigenvalue weighted by molar-refractivity contribution is 9.10.